The molecule has 5 rings (SSSR count). The fraction of sp³-hybridized carbons (Fsp3) is 0.857. The van der Waals surface area contributed by atoms with Crippen LogP contribution in [0.25, 0.3) is 0 Å². The van der Waals surface area contributed by atoms with Crippen LogP contribution in [0.3, 0.4) is 0 Å². The summed E-state index contributed by atoms with van der Waals surface area (Å²) in [7, 11) is 0. The van der Waals surface area contributed by atoms with Crippen molar-refractivity contribution in [3.05, 3.63) is 11.8 Å². The summed E-state index contributed by atoms with van der Waals surface area (Å²) >= 11 is 0. The molecule has 202 valence electrons. The van der Waals surface area contributed by atoms with Gasteiger partial charge in [-0.2, -0.15) is 5.10 Å². The zero-order valence-corrected chi connectivity index (χ0v) is 23.3. The Balaban J connectivity index is 1.18. The van der Waals surface area contributed by atoms with Gasteiger partial charge in [-0.15, -0.1) is 0 Å². The maximum Gasteiger partial charge on any atom is 0.410 e. The molecule has 1 amide bonds. The summed E-state index contributed by atoms with van der Waals surface area (Å²) in [6.07, 6.45) is 5.34. The molecule has 4 fully saturated rings. The van der Waals surface area contributed by atoms with Gasteiger partial charge in [-0.3, -0.25) is 9.58 Å². The lowest BCUT2D eigenvalue weighted by Crippen LogP contribution is -2.52. The largest absolute Gasteiger partial charge is 0.444 e. The normalized spacial score (nSPS) is 29.6. The van der Waals surface area contributed by atoms with E-state index in [2.05, 4.69) is 41.3 Å². The summed E-state index contributed by atoms with van der Waals surface area (Å²) in [5.41, 5.74) is 0.839. The number of carbonyl (C=O) groups is 1. The Morgan fingerprint density at radius 1 is 1.11 bits per heavy atom. The van der Waals surface area contributed by atoms with Crippen molar-refractivity contribution >= 4 is 11.9 Å². The van der Waals surface area contributed by atoms with Crippen molar-refractivity contribution in [2.45, 2.75) is 96.9 Å². The molecule has 0 aromatic carbocycles. The number of piperidine rings is 2. The lowest BCUT2D eigenvalue weighted by molar-refractivity contribution is 0.0184. The van der Waals surface area contributed by atoms with Crippen molar-refractivity contribution < 1.29 is 14.3 Å². The third-order valence-corrected chi connectivity index (χ3v) is 8.84. The first-order chi connectivity index (χ1) is 17.0. The Bertz CT molecular complexity index is 930. The van der Waals surface area contributed by atoms with Crippen LogP contribution in [0.15, 0.2) is 6.07 Å². The van der Waals surface area contributed by atoms with Gasteiger partial charge in [0.15, 0.2) is 5.82 Å². The van der Waals surface area contributed by atoms with Crippen LogP contribution in [0.2, 0.25) is 0 Å². The lowest BCUT2D eigenvalue weighted by Gasteiger charge is -2.47. The van der Waals surface area contributed by atoms with E-state index in [1.165, 1.54) is 38.0 Å². The SMILES string of the molecule is Cc1cc(N2CC[C@@H](CN3CCC4COCC43)CC2(C)C)nn1C1CCN(C(=O)OC(C)(C)C)CC1. The van der Waals surface area contributed by atoms with Crippen LogP contribution < -0.4 is 4.90 Å². The van der Waals surface area contributed by atoms with Gasteiger partial charge in [-0.1, -0.05) is 0 Å². The number of aryl methyl sites for hydroxylation is 1. The fourth-order valence-corrected chi connectivity index (χ4v) is 7.03. The van der Waals surface area contributed by atoms with Crippen molar-refractivity contribution in [2.24, 2.45) is 11.8 Å². The number of rotatable bonds is 4. The van der Waals surface area contributed by atoms with Crippen molar-refractivity contribution in [1.29, 1.82) is 0 Å². The summed E-state index contributed by atoms with van der Waals surface area (Å²) in [6.45, 7) is 19.6. The van der Waals surface area contributed by atoms with Gasteiger partial charge in [0.2, 0.25) is 0 Å². The molecule has 8 nitrogen and oxygen atoms in total. The summed E-state index contributed by atoms with van der Waals surface area (Å²) in [5.74, 6) is 2.60. The smallest absolute Gasteiger partial charge is 0.410 e. The average molecular weight is 502 g/mol. The second-order valence-corrected chi connectivity index (χ2v) is 13.3. The van der Waals surface area contributed by atoms with Crippen molar-refractivity contribution in [2.75, 3.05) is 50.8 Å². The molecule has 0 spiro atoms. The second kappa shape index (κ2) is 9.82. The Morgan fingerprint density at radius 3 is 2.56 bits per heavy atom. The van der Waals surface area contributed by atoms with Gasteiger partial charge < -0.3 is 19.3 Å². The van der Waals surface area contributed by atoms with Crippen LogP contribution in [-0.4, -0.2) is 88.8 Å². The highest BCUT2D eigenvalue weighted by molar-refractivity contribution is 5.68. The van der Waals surface area contributed by atoms with Crippen molar-refractivity contribution in [3.63, 3.8) is 0 Å². The third-order valence-electron chi connectivity index (χ3n) is 8.84. The molecule has 3 atom stereocenters. The molecular weight excluding hydrogens is 454 g/mol. The second-order valence-electron chi connectivity index (χ2n) is 13.3. The minimum atomic E-state index is -0.455. The van der Waals surface area contributed by atoms with Crippen LogP contribution in [-0.2, 0) is 9.47 Å². The topological polar surface area (TPSA) is 63.1 Å². The molecule has 2 unspecified atom stereocenters. The summed E-state index contributed by atoms with van der Waals surface area (Å²) in [5, 5.41) is 5.13. The summed E-state index contributed by atoms with van der Waals surface area (Å²) < 4.78 is 13.5. The van der Waals surface area contributed by atoms with E-state index in [4.69, 9.17) is 14.6 Å². The van der Waals surface area contributed by atoms with Crippen LogP contribution in [0.4, 0.5) is 10.6 Å². The van der Waals surface area contributed by atoms with E-state index in [1.54, 1.807) is 0 Å². The zero-order chi connectivity index (χ0) is 25.7. The van der Waals surface area contributed by atoms with Crippen molar-refractivity contribution in [1.82, 2.24) is 19.6 Å². The van der Waals surface area contributed by atoms with Crippen LogP contribution >= 0.6 is 0 Å². The average Bonchev–Trinajstić information content (AvgIpc) is 3.50. The quantitative estimate of drug-likeness (QED) is 0.606. The summed E-state index contributed by atoms with van der Waals surface area (Å²) in [6, 6.07) is 3.25. The molecule has 0 saturated carbocycles. The molecule has 4 aliphatic heterocycles. The van der Waals surface area contributed by atoms with Gasteiger partial charge >= 0.3 is 6.09 Å². The standard InChI is InChI=1S/C28H47N5O3/c1-20-15-25(29-33(20)23-9-12-30(13-10-23)26(34)36-27(2,3)4)32-14-7-21(16-28(32,5)6)17-31-11-8-22-18-35-19-24(22)31/h15,21-24H,7-14,16-19H2,1-6H3/t21-,22?,24?/m1/s1. The predicted molar refractivity (Wildman–Crippen MR) is 141 cm³/mol. The number of amides is 1. The van der Waals surface area contributed by atoms with E-state index in [9.17, 15) is 4.79 Å². The molecule has 0 aliphatic carbocycles. The van der Waals surface area contributed by atoms with Crippen molar-refractivity contribution in [3.8, 4) is 0 Å². The number of ether oxygens (including phenoxy) is 2. The molecule has 5 heterocycles. The van der Waals surface area contributed by atoms with Gasteiger partial charge in [-0.05, 0) is 86.1 Å². The van der Waals surface area contributed by atoms with Crippen LogP contribution in [0.1, 0.15) is 78.5 Å². The number of hydrogen-bond acceptors (Lipinski definition) is 6. The molecular formula is C28H47N5O3. The molecule has 0 radical (unpaired) electrons. The molecule has 1 aromatic heterocycles. The fourth-order valence-electron chi connectivity index (χ4n) is 7.03. The molecule has 1 aromatic rings. The first-order valence-corrected chi connectivity index (χ1v) is 14.1. The number of likely N-dealkylation sites (tertiary alicyclic amines) is 2. The van der Waals surface area contributed by atoms with E-state index in [1.807, 2.05) is 25.7 Å². The number of fused-ring (bicyclic) bond motifs is 1. The molecule has 36 heavy (non-hydrogen) atoms. The highest BCUT2D eigenvalue weighted by Crippen LogP contribution is 2.38. The molecule has 4 aliphatic rings. The minimum Gasteiger partial charge on any atom is -0.444 e. The monoisotopic (exact) mass is 501 g/mol. The molecule has 0 N–H and O–H groups in total. The van der Waals surface area contributed by atoms with Gasteiger partial charge in [0.25, 0.3) is 0 Å². The number of carbonyl (C=O) groups excluding carboxylic acids is 1. The Hall–Kier alpha value is -1.80. The van der Waals surface area contributed by atoms with E-state index in [0.29, 0.717) is 25.2 Å². The molecule has 4 saturated heterocycles. The van der Waals surface area contributed by atoms with Gasteiger partial charge in [0, 0.05) is 55.4 Å². The highest BCUT2D eigenvalue weighted by Gasteiger charge is 2.42. The third kappa shape index (κ3) is 5.40. The number of hydrogen-bond donors (Lipinski definition) is 0. The van der Waals surface area contributed by atoms with Crippen LogP contribution in [0, 0.1) is 18.8 Å². The first-order valence-electron chi connectivity index (χ1n) is 14.1. The van der Waals surface area contributed by atoms with Gasteiger partial charge in [0.1, 0.15) is 5.60 Å². The van der Waals surface area contributed by atoms with Gasteiger partial charge in [-0.25, -0.2) is 4.79 Å². The number of nitrogens with zero attached hydrogens (tertiary/aromatic N) is 5. The lowest BCUT2D eigenvalue weighted by atomic mass is 9.82. The predicted octanol–water partition coefficient (Wildman–Crippen LogP) is 4.48. The Morgan fingerprint density at radius 2 is 1.86 bits per heavy atom. The maximum absolute atomic E-state index is 12.5. The highest BCUT2D eigenvalue weighted by atomic mass is 16.6. The number of aromatic nitrogens is 2. The number of anilines is 1. The maximum atomic E-state index is 12.5. The first kappa shape index (κ1) is 25.8. The molecule has 8 heteroatoms. The molecule has 0 bridgehead atoms. The van der Waals surface area contributed by atoms with Gasteiger partial charge in [0.05, 0.1) is 19.3 Å². The summed E-state index contributed by atoms with van der Waals surface area (Å²) in [4.78, 5) is 19.6. The van der Waals surface area contributed by atoms with E-state index < -0.39 is 5.60 Å². The van der Waals surface area contributed by atoms with E-state index in [-0.39, 0.29) is 11.6 Å². The Labute approximate surface area is 217 Å². The van der Waals surface area contributed by atoms with E-state index >= 15 is 0 Å². The van der Waals surface area contributed by atoms with E-state index in [0.717, 1.165) is 50.3 Å². The minimum absolute atomic E-state index is 0.0833. The zero-order valence-electron chi connectivity index (χ0n) is 23.3. The van der Waals surface area contributed by atoms with Crippen LogP contribution in [0.5, 0.6) is 0 Å². The Kier molecular flexibility index (Phi) is 7.05.